The summed E-state index contributed by atoms with van der Waals surface area (Å²) < 4.78 is 5.13. The fourth-order valence-corrected chi connectivity index (χ4v) is 3.37. The highest BCUT2D eigenvalue weighted by Gasteiger charge is 2.36. The predicted molar refractivity (Wildman–Crippen MR) is 117 cm³/mol. The Kier molecular flexibility index (Phi) is 12.6. The Morgan fingerprint density at radius 1 is 1.27 bits per heavy atom. The van der Waals surface area contributed by atoms with Crippen LogP contribution in [-0.4, -0.2) is 65.2 Å². The van der Waals surface area contributed by atoms with Crippen molar-refractivity contribution >= 4 is 35.3 Å². The fraction of sp³-hybridized carbons (Fsp3) is 0.810. The van der Waals surface area contributed by atoms with Gasteiger partial charge in [-0.1, -0.05) is 13.8 Å². The minimum absolute atomic E-state index is 0.110. The van der Waals surface area contributed by atoms with Gasteiger partial charge in [0, 0.05) is 18.5 Å². The number of amides is 3. The van der Waals surface area contributed by atoms with Gasteiger partial charge in [-0.25, -0.2) is 4.79 Å². The smallest absolute Gasteiger partial charge is 0.408 e. The third-order valence-electron chi connectivity index (χ3n) is 4.37. The number of piperidine rings is 1. The SMILES string of the molecule is CC.CC(C)N(C(=O)CNC(=O)OC(C)(C)C)[C@@H](C[C@@H]1CCCNC1=O)C(=O)CCl. The summed E-state index contributed by atoms with van der Waals surface area (Å²) in [5, 5.41) is 5.22. The van der Waals surface area contributed by atoms with Crippen LogP contribution in [0.3, 0.4) is 0 Å². The van der Waals surface area contributed by atoms with Crippen molar-refractivity contribution in [1.82, 2.24) is 15.5 Å². The van der Waals surface area contributed by atoms with Crippen molar-refractivity contribution in [3.05, 3.63) is 0 Å². The molecular formula is C21H38ClN3O5. The first-order valence-electron chi connectivity index (χ1n) is 10.6. The number of ketones is 1. The lowest BCUT2D eigenvalue weighted by atomic mass is 9.89. The summed E-state index contributed by atoms with van der Waals surface area (Å²) in [6, 6.07) is -1.13. The third kappa shape index (κ3) is 9.78. The summed E-state index contributed by atoms with van der Waals surface area (Å²) in [5.74, 6) is -1.46. The molecule has 9 heteroatoms. The molecule has 30 heavy (non-hydrogen) atoms. The summed E-state index contributed by atoms with van der Waals surface area (Å²) in [4.78, 5) is 50.7. The van der Waals surface area contributed by atoms with Crippen molar-refractivity contribution in [2.75, 3.05) is 19.0 Å². The van der Waals surface area contributed by atoms with Crippen LogP contribution in [0, 0.1) is 5.92 Å². The first kappa shape index (κ1) is 28.2. The molecule has 1 aliphatic heterocycles. The molecule has 0 aromatic heterocycles. The Balaban J connectivity index is 0.00000407. The Morgan fingerprint density at radius 3 is 2.33 bits per heavy atom. The number of rotatable bonds is 8. The monoisotopic (exact) mass is 447 g/mol. The molecule has 0 radical (unpaired) electrons. The van der Waals surface area contributed by atoms with Gasteiger partial charge in [0.25, 0.3) is 0 Å². The van der Waals surface area contributed by atoms with Gasteiger partial charge in [-0.3, -0.25) is 14.4 Å². The number of ether oxygens (including phenoxy) is 1. The molecule has 1 aliphatic rings. The van der Waals surface area contributed by atoms with Crippen LogP contribution >= 0.6 is 11.6 Å². The van der Waals surface area contributed by atoms with E-state index in [9.17, 15) is 19.2 Å². The minimum Gasteiger partial charge on any atom is -0.444 e. The van der Waals surface area contributed by atoms with E-state index in [1.54, 1.807) is 34.6 Å². The normalized spacial score (nSPS) is 17.2. The first-order chi connectivity index (χ1) is 14.0. The average molecular weight is 448 g/mol. The van der Waals surface area contributed by atoms with Crippen molar-refractivity contribution in [1.29, 1.82) is 0 Å². The molecule has 0 aliphatic carbocycles. The van der Waals surface area contributed by atoms with E-state index in [1.165, 1.54) is 4.90 Å². The maximum absolute atomic E-state index is 12.8. The highest BCUT2D eigenvalue weighted by molar-refractivity contribution is 6.28. The molecule has 2 N–H and O–H groups in total. The Labute approximate surface area is 185 Å². The number of Topliss-reactive ketones (excluding diaryl/α,β-unsaturated/α-hetero) is 1. The zero-order valence-corrected chi connectivity index (χ0v) is 20.1. The molecule has 1 heterocycles. The lowest BCUT2D eigenvalue weighted by Gasteiger charge is -2.36. The van der Waals surface area contributed by atoms with E-state index in [2.05, 4.69) is 10.6 Å². The van der Waals surface area contributed by atoms with Crippen LogP contribution in [0.25, 0.3) is 0 Å². The molecule has 174 valence electrons. The zero-order valence-electron chi connectivity index (χ0n) is 19.3. The van der Waals surface area contributed by atoms with Crippen LogP contribution < -0.4 is 10.6 Å². The van der Waals surface area contributed by atoms with Gasteiger partial charge < -0.3 is 20.3 Å². The molecule has 0 aromatic rings. The van der Waals surface area contributed by atoms with Crippen molar-refractivity contribution in [3.8, 4) is 0 Å². The summed E-state index contributed by atoms with van der Waals surface area (Å²) in [5.41, 5.74) is -0.684. The van der Waals surface area contributed by atoms with Crippen molar-refractivity contribution < 1.29 is 23.9 Å². The van der Waals surface area contributed by atoms with Crippen LogP contribution in [-0.2, 0) is 19.1 Å². The van der Waals surface area contributed by atoms with Gasteiger partial charge in [-0.05, 0) is 53.9 Å². The summed E-state index contributed by atoms with van der Waals surface area (Å²) in [6.07, 6.45) is 0.993. The van der Waals surface area contributed by atoms with Gasteiger partial charge in [-0.2, -0.15) is 0 Å². The van der Waals surface area contributed by atoms with Gasteiger partial charge >= 0.3 is 6.09 Å². The van der Waals surface area contributed by atoms with Gasteiger partial charge in [0.1, 0.15) is 12.1 Å². The molecule has 3 amide bonds. The van der Waals surface area contributed by atoms with Gasteiger partial charge in [0.2, 0.25) is 11.8 Å². The predicted octanol–water partition coefficient (Wildman–Crippen LogP) is 2.87. The number of carbonyl (C=O) groups is 4. The van der Waals surface area contributed by atoms with Crippen LogP contribution in [0.5, 0.6) is 0 Å². The van der Waals surface area contributed by atoms with E-state index >= 15 is 0 Å². The minimum atomic E-state index is -0.820. The van der Waals surface area contributed by atoms with E-state index in [0.29, 0.717) is 13.0 Å². The number of carbonyl (C=O) groups excluding carboxylic acids is 4. The molecule has 0 bridgehead atoms. The second kappa shape index (κ2) is 13.5. The summed E-state index contributed by atoms with van der Waals surface area (Å²) in [7, 11) is 0. The van der Waals surface area contributed by atoms with Gasteiger partial charge in [0.05, 0.1) is 11.9 Å². The molecule has 1 fully saturated rings. The number of hydrogen-bond acceptors (Lipinski definition) is 5. The molecular weight excluding hydrogens is 410 g/mol. The zero-order chi connectivity index (χ0) is 23.5. The van der Waals surface area contributed by atoms with Crippen molar-refractivity contribution in [3.63, 3.8) is 0 Å². The summed E-state index contributed by atoms with van der Waals surface area (Å²) >= 11 is 5.78. The van der Waals surface area contributed by atoms with E-state index in [-0.39, 0.29) is 42.5 Å². The van der Waals surface area contributed by atoms with Gasteiger partial charge in [-0.15, -0.1) is 11.6 Å². The lowest BCUT2D eigenvalue weighted by molar-refractivity contribution is -0.142. The molecule has 0 spiro atoms. The molecule has 1 saturated heterocycles. The standard InChI is InChI=1S/C19H32ClN3O5.C2H6/c1-12(2)23(16(25)11-22-18(27)28-19(3,4)5)14(15(24)10-20)9-13-7-6-8-21-17(13)26;1-2/h12-14H,6-11H2,1-5H3,(H,21,26)(H,22,27);1-2H3/t13-,14-;/m0./s1. The quantitative estimate of drug-likeness (QED) is 0.556. The highest BCUT2D eigenvalue weighted by Crippen LogP contribution is 2.23. The molecule has 0 saturated carbocycles. The Morgan fingerprint density at radius 2 is 1.87 bits per heavy atom. The average Bonchev–Trinajstić information content (AvgIpc) is 2.66. The fourth-order valence-electron chi connectivity index (χ4n) is 3.19. The molecule has 1 rings (SSSR count). The largest absolute Gasteiger partial charge is 0.444 e. The van der Waals surface area contributed by atoms with Crippen molar-refractivity contribution in [2.24, 2.45) is 5.92 Å². The van der Waals surface area contributed by atoms with E-state index in [1.807, 2.05) is 13.8 Å². The molecule has 2 atom stereocenters. The second-order valence-corrected chi connectivity index (χ2v) is 8.50. The maximum atomic E-state index is 12.8. The van der Waals surface area contributed by atoms with Crippen molar-refractivity contribution in [2.45, 2.75) is 85.4 Å². The molecule has 8 nitrogen and oxygen atoms in total. The van der Waals surface area contributed by atoms with Crippen LogP contribution in [0.1, 0.15) is 67.7 Å². The van der Waals surface area contributed by atoms with Crippen LogP contribution in [0.4, 0.5) is 4.79 Å². The lowest BCUT2D eigenvalue weighted by Crippen LogP contribution is -2.54. The third-order valence-corrected chi connectivity index (χ3v) is 4.64. The second-order valence-electron chi connectivity index (χ2n) is 8.23. The summed E-state index contributed by atoms with van der Waals surface area (Å²) in [6.45, 7) is 13.0. The first-order valence-corrected chi connectivity index (χ1v) is 11.1. The molecule has 0 aromatic carbocycles. The van der Waals surface area contributed by atoms with Crippen LogP contribution in [0.15, 0.2) is 0 Å². The van der Waals surface area contributed by atoms with E-state index in [4.69, 9.17) is 16.3 Å². The number of alkyl halides is 1. The van der Waals surface area contributed by atoms with Crippen LogP contribution in [0.2, 0.25) is 0 Å². The molecule has 0 unspecified atom stereocenters. The van der Waals surface area contributed by atoms with E-state index < -0.39 is 23.6 Å². The van der Waals surface area contributed by atoms with Gasteiger partial charge in [0.15, 0.2) is 5.78 Å². The number of alkyl carbamates (subject to hydrolysis) is 1. The Hall–Kier alpha value is -1.83. The number of nitrogens with zero attached hydrogens (tertiary/aromatic N) is 1. The topological polar surface area (TPSA) is 105 Å². The number of halogens is 1. The number of nitrogens with one attached hydrogen (secondary N) is 2. The Bertz CT molecular complexity index is 590. The number of hydrogen-bond donors (Lipinski definition) is 2. The highest BCUT2D eigenvalue weighted by atomic mass is 35.5. The van der Waals surface area contributed by atoms with E-state index in [0.717, 1.165) is 6.42 Å². The maximum Gasteiger partial charge on any atom is 0.408 e.